The van der Waals surface area contributed by atoms with Gasteiger partial charge in [-0.2, -0.15) is 0 Å². The molecule has 3 rings (SSSR count). The van der Waals surface area contributed by atoms with Gasteiger partial charge in [0.1, 0.15) is 0 Å². The molecule has 0 spiro atoms. The van der Waals surface area contributed by atoms with Crippen molar-refractivity contribution in [3.05, 3.63) is 48.5 Å². The number of sulfonamides is 1. The highest BCUT2D eigenvalue weighted by Crippen LogP contribution is 2.22. The highest BCUT2D eigenvalue weighted by molar-refractivity contribution is 7.89. The van der Waals surface area contributed by atoms with Gasteiger partial charge in [-0.15, -0.1) is 0 Å². The van der Waals surface area contributed by atoms with Gasteiger partial charge < -0.3 is 9.88 Å². The van der Waals surface area contributed by atoms with E-state index >= 15 is 0 Å². The standard InChI is InChI=1S/C18H24N4O3S/c23-18(20-10-1-12-22-13-11-19-14-22)9-4-15-2-7-17(8-3-15)26(24,25)21-16-5-6-16/h2-3,7-8,11,13-14,16,21H,1,4-6,9-10,12H2,(H,20,23). The number of amides is 1. The Kier molecular flexibility index (Phi) is 6.05. The zero-order chi connectivity index (χ0) is 18.4. The first-order chi connectivity index (χ1) is 12.5. The maximum atomic E-state index is 12.1. The number of rotatable bonds is 10. The Bertz CT molecular complexity index is 813. The van der Waals surface area contributed by atoms with E-state index in [2.05, 4.69) is 15.0 Å². The fourth-order valence-electron chi connectivity index (χ4n) is 2.58. The highest BCUT2D eigenvalue weighted by atomic mass is 32.2. The monoisotopic (exact) mass is 376 g/mol. The summed E-state index contributed by atoms with van der Waals surface area (Å²) in [5.74, 6) is 0.00253. The van der Waals surface area contributed by atoms with Crippen LogP contribution in [0, 0.1) is 0 Å². The molecule has 1 aliphatic carbocycles. The van der Waals surface area contributed by atoms with Gasteiger partial charge in [-0.1, -0.05) is 12.1 Å². The minimum atomic E-state index is -3.41. The van der Waals surface area contributed by atoms with Crippen molar-refractivity contribution in [3.8, 4) is 0 Å². The van der Waals surface area contributed by atoms with Gasteiger partial charge in [0.05, 0.1) is 11.2 Å². The number of carbonyl (C=O) groups excluding carboxylic acids is 1. The average Bonchev–Trinajstić information content (AvgIpc) is 3.27. The van der Waals surface area contributed by atoms with Crippen LogP contribution in [0.2, 0.25) is 0 Å². The molecular formula is C18H24N4O3S. The lowest BCUT2D eigenvalue weighted by atomic mass is 10.1. The van der Waals surface area contributed by atoms with Gasteiger partial charge in [0, 0.05) is 37.9 Å². The lowest BCUT2D eigenvalue weighted by Crippen LogP contribution is -2.26. The number of aromatic nitrogens is 2. The van der Waals surface area contributed by atoms with E-state index in [1.54, 1.807) is 36.8 Å². The van der Waals surface area contributed by atoms with Gasteiger partial charge in [0.25, 0.3) is 0 Å². The van der Waals surface area contributed by atoms with Gasteiger partial charge in [-0.05, 0) is 43.4 Å². The summed E-state index contributed by atoms with van der Waals surface area (Å²) in [6.45, 7) is 1.45. The second-order valence-electron chi connectivity index (χ2n) is 6.54. The quantitative estimate of drug-likeness (QED) is 0.614. The summed E-state index contributed by atoms with van der Waals surface area (Å²) in [7, 11) is -3.41. The molecule has 2 aromatic rings. The van der Waals surface area contributed by atoms with E-state index in [1.807, 2.05) is 10.8 Å². The van der Waals surface area contributed by atoms with Crippen LogP contribution in [0.25, 0.3) is 0 Å². The minimum absolute atomic E-state index is 0.00253. The highest BCUT2D eigenvalue weighted by Gasteiger charge is 2.27. The first kappa shape index (κ1) is 18.6. The number of nitrogens with zero attached hydrogens (tertiary/aromatic N) is 2. The smallest absolute Gasteiger partial charge is 0.240 e. The number of hydrogen-bond acceptors (Lipinski definition) is 4. The van der Waals surface area contributed by atoms with Crippen LogP contribution in [0.5, 0.6) is 0 Å². The number of benzene rings is 1. The molecule has 1 heterocycles. The van der Waals surface area contributed by atoms with Crippen LogP contribution in [0.3, 0.4) is 0 Å². The fourth-order valence-corrected chi connectivity index (χ4v) is 3.88. The molecule has 1 fully saturated rings. The maximum Gasteiger partial charge on any atom is 0.240 e. The Morgan fingerprint density at radius 2 is 2.00 bits per heavy atom. The van der Waals surface area contributed by atoms with Crippen molar-refractivity contribution in [2.45, 2.75) is 49.6 Å². The zero-order valence-corrected chi connectivity index (χ0v) is 15.4. The Morgan fingerprint density at radius 1 is 1.23 bits per heavy atom. The fraction of sp³-hybridized carbons (Fsp3) is 0.444. The van der Waals surface area contributed by atoms with E-state index in [4.69, 9.17) is 0 Å². The van der Waals surface area contributed by atoms with Crippen molar-refractivity contribution in [2.75, 3.05) is 6.54 Å². The minimum Gasteiger partial charge on any atom is -0.356 e. The molecule has 0 radical (unpaired) electrons. The molecule has 2 N–H and O–H groups in total. The molecule has 1 saturated carbocycles. The van der Waals surface area contributed by atoms with Crippen LogP contribution in [0.1, 0.15) is 31.2 Å². The van der Waals surface area contributed by atoms with Crippen molar-refractivity contribution < 1.29 is 13.2 Å². The number of aryl methyl sites for hydroxylation is 2. The lowest BCUT2D eigenvalue weighted by Gasteiger charge is -2.08. The number of nitrogens with one attached hydrogen (secondary N) is 2. The summed E-state index contributed by atoms with van der Waals surface area (Å²) >= 11 is 0. The van der Waals surface area contributed by atoms with Gasteiger partial charge in [-0.3, -0.25) is 4.79 Å². The predicted molar refractivity (Wildman–Crippen MR) is 98.0 cm³/mol. The molecule has 0 saturated heterocycles. The Balaban J connectivity index is 1.37. The average molecular weight is 376 g/mol. The Labute approximate surface area is 153 Å². The summed E-state index contributed by atoms with van der Waals surface area (Å²) in [5.41, 5.74) is 0.948. The SMILES string of the molecule is O=C(CCc1ccc(S(=O)(=O)NC2CC2)cc1)NCCCn1ccnc1. The van der Waals surface area contributed by atoms with Crippen LogP contribution < -0.4 is 10.0 Å². The van der Waals surface area contributed by atoms with E-state index in [0.29, 0.717) is 19.4 Å². The lowest BCUT2D eigenvalue weighted by molar-refractivity contribution is -0.121. The molecule has 26 heavy (non-hydrogen) atoms. The molecule has 0 aliphatic heterocycles. The van der Waals surface area contributed by atoms with Crippen molar-refractivity contribution in [2.24, 2.45) is 0 Å². The zero-order valence-electron chi connectivity index (χ0n) is 14.6. The van der Waals surface area contributed by atoms with Crippen LogP contribution >= 0.6 is 0 Å². The second-order valence-corrected chi connectivity index (χ2v) is 8.26. The van der Waals surface area contributed by atoms with Gasteiger partial charge in [0.15, 0.2) is 0 Å². The second kappa shape index (κ2) is 8.46. The first-order valence-electron chi connectivity index (χ1n) is 8.87. The number of hydrogen-bond donors (Lipinski definition) is 2. The molecule has 1 aliphatic rings. The molecule has 0 bridgehead atoms. The van der Waals surface area contributed by atoms with Gasteiger partial charge in [-0.25, -0.2) is 18.1 Å². The third-order valence-corrected chi connectivity index (χ3v) is 5.78. The number of carbonyl (C=O) groups is 1. The third-order valence-electron chi connectivity index (χ3n) is 4.25. The molecule has 0 atom stereocenters. The summed E-state index contributed by atoms with van der Waals surface area (Å²) < 4.78 is 28.9. The normalized spacial score (nSPS) is 14.3. The topological polar surface area (TPSA) is 93.1 Å². The van der Waals surface area contributed by atoms with E-state index in [-0.39, 0.29) is 16.8 Å². The number of imidazole rings is 1. The van der Waals surface area contributed by atoms with E-state index in [1.165, 1.54) is 0 Å². The van der Waals surface area contributed by atoms with E-state index in [0.717, 1.165) is 31.4 Å². The third kappa shape index (κ3) is 5.67. The summed E-state index contributed by atoms with van der Waals surface area (Å²) in [6.07, 6.45) is 9.03. The van der Waals surface area contributed by atoms with Crippen LogP contribution in [0.4, 0.5) is 0 Å². The van der Waals surface area contributed by atoms with Crippen LogP contribution in [-0.4, -0.2) is 36.5 Å². The van der Waals surface area contributed by atoms with Crippen LogP contribution in [-0.2, 0) is 27.8 Å². The molecule has 8 heteroatoms. The predicted octanol–water partition coefficient (Wildman–Crippen LogP) is 1.46. The molecule has 7 nitrogen and oxygen atoms in total. The Hall–Kier alpha value is -2.19. The molecule has 1 aromatic carbocycles. The van der Waals surface area contributed by atoms with Gasteiger partial charge in [0.2, 0.25) is 15.9 Å². The first-order valence-corrected chi connectivity index (χ1v) is 10.3. The molecular weight excluding hydrogens is 352 g/mol. The van der Waals surface area contributed by atoms with Crippen molar-refractivity contribution in [3.63, 3.8) is 0 Å². The van der Waals surface area contributed by atoms with E-state index < -0.39 is 10.0 Å². The van der Waals surface area contributed by atoms with Crippen molar-refractivity contribution in [1.29, 1.82) is 0 Å². The van der Waals surface area contributed by atoms with Crippen molar-refractivity contribution in [1.82, 2.24) is 19.6 Å². The molecule has 0 unspecified atom stereocenters. The van der Waals surface area contributed by atoms with Gasteiger partial charge >= 0.3 is 0 Å². The maximum absolute atomic E-state index is 12.1. The molecule has 1 aromatic heterocycles. The van der Waals surface area contributed by atoms with E-state index in [9.17, 15) is 13.2 Å². The summed E-state index contributed by atoms with van der Waals surface area (Å²) in [5, 5.41) is 2.90. The summed E-state index contributed by atoms with van der Waals surface area (Å²) in [4.78, 5) is 16.1. The molecule has 1 amide bonds. The Morgan fingerprint density at radius 3 is 2.65 bits per heavy atom. The summed E-state index contributed by atoms with van der Waals surface area (Å²) in [6, 6.07) is 6.84. The molecule has 140 valence electrons. The largest absolute Gasteiger partial charge is 0.356 e. The van der Waals surface area contributed by atoms with Crippen LogP contribution in [0.15, 0.2) is 47.9 Å². The van der Waals surface area contributed by atoms with Crippen molar-refractivity contribution >= 4 is 15.9 Å².